The number of piperidine rings is 1. The van der Waals surface area contributed by atoms with Gasteiger partial charge in [-0.2, -0.15) is 0 Å². The Kier molecular flexibility index (Phi) is 4.99. The number of halogens is 1. The van der Waals surface area contributed by atoms with Gasteiger partial charge < -0.3 is 15.5 Å². The maximum absolute atomic E-state index is 12.5. The molecule has 1 aromatic heterocycles. The molecule has 2 N–H and O–H groups in total. The van der Waals surface area contributed by atoms with Gasteiger partial charge in [-0.1, -0.05) is 0 Å². The van der Waals surface area contributed by atoms with Crippen LogP contribution in [-0.2, 0) is 0 Å². The van der Waals surface area contributed by atoms with E-state index in [1.807, 2.05) is 25.1 Å². The Hall–Kier alpha value is -1.14. The highest BCUT2D eigenvalue weighted by Crippen LogP contribution is 2.20. The van der Waals surface area contributed by atoms with E-state index in [2.05, 4.69) is 38.5 Å². The molecule has 110 valence electrons. The van der Waals surface area contributed by atoms with Crippen LogP contribution in [0.1, 0.15) is 30.1 Å². The third kappa shape index (κ3) is 3.70. The van der Waals surface area contributed by atoms with Crippen LogP contribution in [0.5, 0.6) is 0 Å². The fraction of sp³-hybridized carbons (Fsp3) is 0.571. The number of anilines is 1. The second-order valence-corrected chi connectivity index (χ2v) is 6.38. The van der Waals surface area contributed by atoms with Gasteiger partial charge in [0.05, 0.1) is 5.56 Å². The van der Waals surface area contributed by atoms with Gasteiger partial charge in [0.15, 0.2) is 0 Å². The first kappa shape index (κ1) is 15.3. The summed E-state index contributed by atoms with van der Waals surface area (Å²) in [5, 5.41) is 6.51. The van der Waals surface area contributed by atoms with Crippen LogP contribution in [0.3, 0.4) is 0 Å². The molecule has 0 radical (unpaired) electrons. The predicted molar refractivity (Wildman–Crippen MR) is 84.2 cm³/mol. The molecular formula is C14H21BrN4O. The van der Waals surface area contributed by atoms with Gasteiger partial charge in [0, 0.05) is 36.8 Å². The van der Waals surface area contributed by atoms with Gasteiger partial charge in [-0.05, 0) is 48.3 Å². The van der Waals surface area contributed by atoms with E-state index in [0.29, 0.717) is 17.4 Å². The molecule has 0 saturated carbocycles. The van der Waals surface area contributed by atoms with Gasteiger partial charge in [-0.25, -0.2) is 4.98 Å². The van der Waals surface area contributed by atoms with Crippen LogP contribution < -0.4 is 15.5 Å². The number of nitrogens with one attached hydrogen (secondary N) is 2. The molecule has 1 saturated heterocycles. The van der Waals surface area contributed by atoms with Crippen molar-refractivity contribution in [3.05, 3.63) is 22.3 Å². The fourth-order valence-corrected chi connectivity index (χ4v) is 2.81. The summed E-state index contributed by atoms with van der Waals surface area (Å²) < 4.78 is 0.812. The maximum atomic E-state index is 12.5. The normalized spacial score (nSPS) is 22.4. The number of aromatic nitrogens is 1. The molecule has 0 aromatic carbocycles. The highest BCUT2D eigenvalue weighted by molar-refractivity contribution is 9.10. The maximum Gasteiger partial charge on any atom is 0.255 e. The van der Waals surface area contributed by atoms with E-state index in [0.717, 1.165) is 23.9 Å². The molecule has 1 aromatic rings. The van der Waals surface area contributed by atoms with Crippen LogP contribution in [0, 0.1) is 0 Å². The van der Waals surface area contributed by atoms with E-state index in [9.17, 15) is 4.79 Å². The average molecular weight is 341 g/mol. The minimum atomic E-state index is -0.0541. The van der Waals surface area contributed by atoms with Crippen molar-refractivity contribution < 1.29 is 4.79 Å². The molecule has 0 aliphatic carbocycles. The number of hydrogen-bond acceptors (Lipinski definition) is 4. The number of carbonyl (C=O) groups is 1. The van der Waals surface area contributed by atoms with Crippen molar-refractivity contribution in [3.63, 3.8) is 0 Å². The van der Waals surface area contributed by atoms with E-state index in [1.54, 1.807) is 6.20 Å². The SMILES string of the molecule is CC1CC(NC(=O)c2cc(Br)cnc2N(C)C)CCN1. The Labute approximate surface area is 128 Å². The van der Waals surface area contributed by atoms with Crippen molar-refractivity contribution in [2.24, 2.45) is 0 Å². The number of rotatable bonds is 3. The molecular weight excluding hydrogens is 320 g/mol. The van der Waals surface area contributed by atoms with E-state index < -0.39 is 0 Å². The number of nitrogens with zero attached hydrogens (tertiary/aromatic N) is 2. The van der Waals surface area contributed by atoms with Crippen molar-refractivity contribution in [1.29, 1.82) is 0 Å². The first-order valence-corrected chi connectivity index (χ1v) is 7.63. The molecule has 6 heteroatoms. The zero-order valence-electron chi connectivity index (χ0n) is 12.1. The number of carbonyl (C=O) groups excluding carboxylic acids is 1. The third-order valence-electron chi connectivity index (χ3n) is 3.46. The van der Waals surface area contributed by atoms with Crippen LogP contribution in [0.25, 0.3) is 0 Å². The molecule has 1 amide bonds. The zero-order valence-corrected chi connectivity index (χ0v) is 13.7. The summed E-state index contributed by atoms with van der Waals surface area (Å²) in [5.74, 6) is 0.634. The first-order valence-electron chi connectivity index (χ1n) is 6.84. The lowest BCUT2D eigenvalue weighted by Crippen LogP contribution is -2.46. The molecule has 0 spiro atoms. The molecule has 2 rings (SSSR count). The molecule has 5 nitrogen and oxygen atoms in total. The van der Waals surface area contributed by atoms with Crippen molar-refractivity contribution in [3.8, 4) is 0 Å². The van der Waals surface area contributed by atoms with Gasteiger partial charge in [-0.3, -0.25) is 4.79 Å². The van der Waals surface area contributed by atoms with Crippen LogP contribution >= 0.6 is 15.9 Å². The Morgan fingerprint density at radius 3 is 2.95 bits per heavy atom. The second kappa shape index (κ2) is 6.54. The summed E-state index contributed by atoms with van der Waals surface area (Å²) in [6.45, 7) is 3.09. The number of amides is 1. The summed E-state index contributed by atoms with van der Waals surface area (Å²) in [6, 6.07) is 2.50. The van der Waals surface area contributed by atoms with Gasteiger partial charge in [0.1, 0.15) is 5.82 Å². The Morgan fingerprint density at radius 1 is 1.55 bits per heavy atom. The highest BCUT2D eigenvalue weighted by Gasteiger charge is 2.22. The minimum Gasteiger partial charge on any atom is -0.362 e. The molecule has 0 bridgehead atoms. The Bertz CT molecular complexity index is 492. The van der Waals surface area contributed by atoms with Gasteiger partial charge in [0.2, 0.25) is 0 Å². The topological polar surface area (TPSA) is 57.3 Å². The number of pyridine rings is 1. The fourth-order valence-electron chi connectivity index (χ4n) is 2.48. The van der Waals surface area contributed by atoms with E-state index in [4.69, 9.17) is 0 Å². The molecule has 2 atom stereocenters. The van der Waals surface area contributed by atoms with Crippen molar-refractivity contribution in [2.75, 3.05) is 25.5 Å². The summed E-state index contributed by atoms with van der Waals surface area (Å²) >= 11 is 3.38. The molecule has 1 aliphatic heterocycles. The van der Waals surface area contributed by atoms with Gasteiger partial charge in [0.25, 0.3) is 5.91 Å². The average Bonchev–Trinajstić information content (AvgIpc) is 2.38. The van der Waals surface area contributed by atoms with Crippen LogP contribution in [-0.4, -0.2) is 43.6 Å². The van der Waals surface area contributed by atoms with Crippen LogP contribution in [0.2, 0.25) is 0 Å². The second-order valence-electron chi connectivity index (χ2n) is 5.47. The lowest BCUT2D eigenvalue weighted by Gasteiger charge is -2.29. The largest absolute Gasteiger partial charge is 0.362 e. The zero-order chi connectivity index (χ0) is 14.7. The summed E-state index contributed by atoms with van der Waals surface area (Å²) in [6.07, 6.45) is 3.64. The quantitative estimate of drug-likeness (QED) is 0.880. The predicted octanol–water partition coefficient (Wildman–Crippen LogP) is 1.78. The molecule has 1 aliphatic rings. The Balaban J connectivity index is 2.14. The van der Waals surface area contributed by atoms with E-state index >= 15 is 0 Å². The molecule has 2 unspecified atom stereocenters. The molecule has 2 heterocycles. The molecule has 1 fully saturated rings. The van der Waals surface area contributed by atoms with Crippen molar-refractivity contribution >= 4 is 27.7 Å². The van der Waals surface area contributed by atoms with E-state index in [1.165, 1.54) is 0 Å². The third-order valence-corrected chi connectivity index (χ3v) is 3.89. The van der Waals surface area contributed by atoms with Crippen molar-refractivity contribution in [1.82, 2.24) is 15.6 Å². The summed E-state index contributed by atoms with van der Waals surface area (Å²) in [7, 11) is 3.78. The van der Waals surface area contributed by atoms with Crippen molar-refractivity contribution in [2.45, 2.75) is 31.8 Å². The monoisotopic (exact) mass is 340 g/mol. The Morgan fingerprint density at radius 2 is 2.30 bits per heavy atom. The van der Waals surface area contributed by atoms with Crippen LogP contribution in [0.15, 0.2) is 16.7 Å². The summed E-state index contributed by atoms with van der Waals surface area (Å²) in [4.78, 5) is 18.6. The first-order chi connectivity index (χ1) is 9.47. The van der Waals surface area contributed by atoms with Crippen LogP contribution in [0.4, 0.5) is 5.82 Å². The van der Waals surface area contributed by atoms with Gasteiger partial charge in [-0.15, -0.1) is 0 Å². The molecule has 20 heavy (non-hydrogen) atoms. The minimum absolute atomic E-state index is 0.0541. The highest BCUT2D eigenvalue weighted by atomic mass is 79.9. The lowest BCUT2D eigenvalue weighted by molar-refractivity contribution is 0.0926. The lowest BCUT2D eigenvalue weighted by atomic mass is 10.0. The number of hydrogen-bond donors (Lipinski definition) is 2. The summed E-state index contributed by atoms with van der Waals surface area (Å²) in [5.41, 5.74) is 0.607. The van der Waals surface area contributed by atoms with Gasteiger partial charge >= 0.3 is 0 Å². The van der Waals surface area contributed by atoms with E-state index in [-0.39, 0.29) is 11.9 Å². The smallest absolute Gasteiger partial charge is 0.255 e. The standard InChI is InChI=1S/C14H21BrN4O/c1-9-6-11(4-5-16-9)18-14(20)12-7-10(15)8-17-13(12)19(2)3/h7-9,11,16H,4-6H2,1-3H3,(H,18,20).